The summed E-state index contributed by atoms with van der Waals surface area (Å²) in [5, 5.41) is 11.8. The minimum atomic E-state index is 0.135. The van der Waals surface area contributed by atoms with Gasteiger partial charge in [-0.2, -0.15) is 5.26 Å². The first kappa shape index (κ1) is 19.0. The van der Waals surface area contributed by atoms with Crippen LogP contribution in [0.5, 0.6) is 0 Å². The number of carbonyl (C=O) groups is 1. The minimum absolute atomic E-state index is 0.135. The number of thiophene rings is 1. The van der Waals surface area contributed by atoms with Gasteiger partial charge in [0.2, 0.25) is 0 Å². The molecule has 0 radical (unpaired) electrons. The summed E-state index contributed by atoms with van der Waals surface area (Å²) in [5.41, 5.74) is 4.58. The zero-order valence-corrected chi connectivity index (χ0v) is 17.0. The van der Waals surface area contributed by atoms with Crippen LogP contribution in [0.15, 0.2) is 28.5 Å². The zero-order chi connectivity index (χ0) is 18.5. The Labute approximate surface area is 164 Å². The van der Waals surface area contributed by atoms with Crippen molar-refractivity contribution in [1.29, 1.82) is 5.26 Å². The first-order chi connectivity index (χ1) is 12.7. The molecule has 26 heavy (non-hydrogen) atoms. The van der Waals surface area contributed by atoms with E-state index in [0.717, 1.165) is 47.0 Å². The lowest BCUT2D eigenvalue weighted by Crippen LogP contribution is -2.26. The van der Waals surface area contributed by atoms with Crippen molar-refractivity contribution in [1.82, 2.24) is 0 Å². The number of thioether (sulfide) groups is 1. The van der Waals surface area contributed by atoms with Crippen molar-refractivity contribution in [3.05, 3.63) is 45.1 Å². The summed E-state index contributed by atoms with van der Waals surface area (Å²) in [5.74, 6) is 0.516. The van der Waals surface area contributed by atoms with E-state index in [2.05, 4.69) is 30.9 Å². The fourth-order valence-corrected chi connectivity index (χ4v) is 5.33. The summed E-state index contributed by atoms with van der Waals surface area (Å²) in [4.78, 5) is 16.4. The van der Waals surface area contributed by atoms with Crippen LogP contribution in [-0.4, -0.2) is 24.6 Å². The summed E-state index contributed by atoms with van der Waals surface area (Å²) < 4.78 is 0. The molecule has 0 bridgehead atoms. The van der Waals surface area contributed by atoms with Crippen molar-refractivity contribution in [2.75, 3.05) is 23.7 Å². The van der Waals surface area contributed by atoms with Gasteiger partial charge < -0.3 is 4.90 Å². The first-order valence-corrected chi connectivity index (χ1v) is 11.1. The Hall–Kier alpha value is -1.77. The van der Waals surface area contributed by atoms with Gasteiger partial charge >= 0.3 is 0 Å². The highest BCUT2D eigenvalue weighted by atomic mass is 32.2. The van der Waals surface area contributed by atoms with Gasteiger partial charge in [0.15, 0.2) is 5.78 Å². The van der Waals surface area contributed by atoms with E-state index >= 15 is 0 Å². The first-order valence-electron chi connectivity index (χ1n) is 9.22. The van der Waals surface area contributed by atoms with Gasteiger partial charge in [-0.05, 0) is 68.2 Å². The molecule has 3 nitrogen and oxygen atoms in total. The topological polar surface area (TPSA) is 44.1 Å². The quantitative estimate of drug-likeness (QED) is 0.479. The molecule has 1 aromatic heterocycles. The highest BCUT2D eigenvalue weighted by Crippen LogP contribution is 2.39. The van der Waals surface area contributed by atoms with Gasteiger partial charge in [-0.15, -0.1) is 23.1 Å². The Balaban J connectivity index is 1.98. The van der Waals surface area contributed by atoms with Gasteiger partial charge in [-0.25, -0.2) is 0 Å². The molecule has 0 saturated heterocycles. The summed E-state index contributed by atoms with van der Waals surface area (Å²) in [7, 11) is 0. The molecule has 5 heteroatoms. The van der Waals surface area contributed by atoms with Crippen molar-refractivity contribution in [2.45, 2.75) is 44.4 Å². The lowest BCUT2D eigenvalue weighted by Gasteiger charge is -2.30. The van der Waals surface area contributed by atoms with Crippen LogP contribution in [0, 0.1) is 11.3 Å². The molecule has 0 saturated carbocycles. The van der Waals surface area contributed by atoms with Gasteiger partial charge in [-0.1, -0.05) is 6.07 Å². The number of fused-ring (bicyclic) bond motifs is 1. The van der Waals surface area contributed by atoms with E-state index in [0.29, 0.717) is 5.75 Å². The van der Waals surface area contributed by atoms with E-state index in [9.17, 15) is 10.1 Å². The van der Waals surface area contributed by atoms with Crippen molar-refractivity contribution in [3.8, 4) is 6.07 Å². The summed E-state index contributed by atoms with van der Waals surface area (Å²) >= 11 is 2.99. The molecule has 0 atom stereocenters. The van der Waals surface area contributed by atoms with Crippen LogP contribution >= 0.6 is 23.1 Å². The maximum atomic E-state index is 12.4. The van der Waals surface area contributed by atoms with Crippen molar-refractivity contribution in [2.24, 2.45) is 0 Å². The lowest BCUT2D eigenvalue weighted by molar-refractivity contribution is 0.102. The van der Waals surface area contributed by atoms with Crippen LogP contribution in [0.25, 0.3) is 0 Å². The molecule has 0 amide bonds. The third-order valence-corrected chi connectivity index (χ3v) is 6.88. The van der Waals surface area contributed by atoms with E-state index < -0.39 is 0 Å². The normalized spacial score (nSPS) is 13.1. The molecule has 1 aliphatic rings. The van der Waals surface area contributed by atoms with E-state index in [1.807, 2.05) is 17.5 Å². The molecule has 136 valence electrons. The SMILES string of the molecule is CCN(CC)c1c(C#N)c(SCC(=O)c2cccs2)cc2c1CCCC2. The van der Waals surface area contributed by atoms with Gasteiger partial charge in [0.1, 0.15) is 6.07 Å². The summed E-state index contributed by atoms with van der Waals surface area (Å²) in [6, 6.07) is 8.40. The van der Waals surface area contributed by atoms with Crippen LogP contribution in [0.2, 0.25) is 0 Å². The molecular weight excluding hydrogens is 360 g/mol. The molecular formula is C21H24N2OS2. The van der Waals surface area contributed by atoms with Gasteiger partial charge in [0.05, 0.1) is 21.9 Å². The van der Waals surface area contributed by atoms with Crippen LogP contribution in [0.3, 0.4) is 0 Å². The number of ketones is 1. The van der Waals surface area contributed by atoms with Crippen LogP contribution in [0.4, 0.5) is 5.69 Å². The van der Waals surface area contributed by atoms with Crippen molar-refractivity contribution < 1.29 is 4.79 Å². The second-order valence-corrected chi connectivity index (χ2v) is 8.38. The lowest BCUT2D eigenvalue weighted by atomic mass is 9.88. The molecule has 1 aromatic carbocycles. The van der Waals surface area contributed by atoms with E-state index in [1.165, 1.54) is 47.1 Å². The number of aryl methyl sites for hydroxylation is 1. The number of benzene rings is 1. The Morgan fingerprint density at radius 1 is 1.31 bits per heavy atom. The van der Waals surface area contributed by atoms with E-state index in [4.69, 9.17) is 0 Å². The number of carbonyl (C=O) groups excluding carboxylic acids is 1. The Bertz CT molecular complexity index is 818. The standard InChI is InChI=1S/C21H24N2OS2/c1-3-23(4-2)21-16-9-6-5-8-15(16)12-20(17(21)13-22)26-14-18(24)19-10-7-11-25-19/h7,10-12H,3-6,8-9,14H2,1-2H3. The second-order valence-electron chi connectivity index (χ2n) is 6.42. The molecule has 0 unspecified atom stereocenters. The number of hydrogen-bond donors (Lipinski definition) is 0. The molecule has 2 aromatic rings. The second kappa shape index (κ2) is 8.75. The molecule has 0 aliphatic heterocycles. The van der Waals surface area contributed by atoms with E-state index in [-0.39, 0.29) is 5.78 Å². The smallest absolute Gasteiger partial charge is 0.182 e. The van der Waals surface area contributed by atoms with Gasteiger partial charge in [0, 0.05) is 18.0 Å². The number of rotatable bonds is 7. The third-order valence-electron chi connectivity index (χ3n) is 4.93. The van der Waals surface area contributed by atoms with Crippen molar-refractivity contribution >= 4 is 34.6 Å². The predicted molar refractivity (Wildman–Crippen MR) is 111 cm³/mol. The largest absolute Gasteiger partial charge is 0.371 e. The average molecular weight is 385 g/mol. The molecule has 3 rings (SSSR count). The number of Topliss-reactive ketones (excluding diaryl/α,β-unsaturated/α-hetero) is 1. The number of hydrogen-bond acceptors (Lipinski definition) is 5. The van der Waals surface area contributed by atoms with Crippen LogP contribution in [0.1, 0.15) is 53.1 Å². The van der Waals surface area contributed by atoms with Crippen LogP contribution in [-0.2, 0) is 12.8 Å². The maximum absolute atomic E-state index is 12.4. The molecule has 0 fully saturated rings. The highest BCUT2D eigenvalue weighted by molar-refractivity contribution is 8.00. The zero-order valence-electron chi connectivity index (χ0n) is 15.4. The maximum Gasteiger partial charge on any atom is 0.182 e. The number of anilines is 1. The molecule has 0 spiro atoms. The summed E-state index contributed by atoms with van der Waals surface area (Å²) in [6.45, 7) is 6.06. The monoisotopic (exact) mass is 384 g/mol. The van der Waals surface area contributed by atoms with Gasteiger partial charge in [-0.3, -0.25) is 4.79 Å². The third kappa shape index (κ3) is 3.82. The fraction of sp³-hybridized carbons (Fsp3) is 0.429. The molecule has 1 aliphatic carbocycles. The minimum Gasteiger partial charge on any atom is -0.371 e. The Morgan fingerprint density at radius 3 is 2.73 bits per heavy atom. The average Bonchev–Trinajstić information content (AvgIpc) is 3.21. The van der Waals surface area contributed by atoms with Crippen molar-refractivity contribution in [3.63, 3.8) is 0 Å². The predicted octanol–water partition coefficient (Wildman–Crippen LogP) is 5.32. The fourth-order valence-electron chi connectivity index (χ4n) is 3.62. The van der Waals surface area contributed by atoms with Gasteiger partial charge in [0.25, 0.3) is 0 Å². The highest BCUT2D eigenvalue weighted by Gasteiger charge is 2.23. The molecule has 1 heterocycles. The molecule has 0 N–H and O–H groups in total. The van der Waals surface area contributed by atoms with Crippen LogP contribution < -0.4 is 4.90 Å². The Kier molecular flexibility index (Phi) is 6.39. The summed E-state index contributed by atoms with van der Waals surface area (Å²) in [6.07, 6.45) is 4.51. The number of nitrogens with zero attached hydrogens (tertiary/aromatic N) is 2. The Morgan fingerprint density at radius 2 is 2.08 bits per heavy atom. The van der Waals surface area contributed by atoms with E-state index in [1.54, 1.807) is 0 Å². The number of nitriles is 1.